The fourth-order valence-corrected chi connectivity index (χ4v) is 2.57. The van der Waals surface area contributed by atoms with Crippen molar-refractivity contribution in [2.45, 2.75) is 51.6 Å². The molecule has 1 unspecified atom stereocenters. The van der Waals surface area contributed by atoms with E-state index in [1.165, 1.54) is 12.8 Å². The maximum absolute atomic E-state index is 5.63. The first-order chi connectivity index (χ1) is 8.67. The van der Waals surface area contributed by atoms with Crippen LogP contribution >= 0.6 is 0 Å². The Balaban J connectivity index is 2.35. The molecule has 1 N–H and O–H groups in total. The van der Waals surface area contributed by atoms with E-state index in [9.17, 15) is 0 Å². The van der Waals surface area contributed by atoms with E-state index in [-0.39, 0.29) is 0 Å². The van der Waals surface area contributed by atoms with Crippen molar-refractivity contribution in [1.82, 2.24) is 10.2 Å². The highest BCUT2D eigenvalue weighted by molar-refractivity contribution is 4.95. The first-order valence-electron chi connectivity index (χ1n) is 7.35. The molecule has 1 saturated heterocycles. The summed E-state index contributed by atoms with van der Waals surface area (Å²) in [6.45, 7) is 15.5. The topological polar surface area (TPSA) is 24.5 Å². The fraction of sp³-hybridized carbons (Fsp3) is 0.867. The van der Waals surface area contributed by atoms with Gasteiger partial charge in [0, 0.05) is 31.2 Å². The van der Waals surface area contributed by atoms with Gasteiger partial charge in [-0.2, -0.15) is 0 Å². The van der Waals surface area contributed by atoms with Crippen LogP contribution in [0.1, 0.15) is 40.0 Å². The van der Waals surface area contributed by atoms with E-state index in [0.717, 1.165) is 39.3 Å². The van der Waals surface area contributed by atoms with E-state index >= 15 is 0 Å². The lowest BCUT2D eigenvalue weighted by molar-refractivity contribution is 0.0439. The zero-order chi connectivity index (χ0) is 13.4. The van der Waals surface area contributed by atoms with Crippen LogP contribution in [0.5, 0.6) is 0 Å². The summed E-state index contributed by atoms with van der Waals surface area (Å²) in [6, 6.07) is 0.610. The van der Waals surface area contributed by atoms with Gasteiger partial charge in [0.1, 0.15) is 0 Å². The predicted octanol–water partition coefficient (Wildman–Crippen LogP) is 2.43. The van der Waals surface area contributed by atoms with E-state index in [2.05, 4.69) is 37.6 Å². The molecule has 18 heavy (non-hydrogen) atoms. The van der Waals surface area contributed by atoms with Gasteiger partial charge < -0.3 is 10.1 Å². The largest absolute Gasteiger partial charge is 0.380 e. The maximum atomic E-state index is 5.63. The molecule has 1 rings (SSSR count). The van der Waals surface area contributed by atoms with Crippen LogP contribution in [0.4, 0.5) is 0 Å². The first-order valence-corrected chi connectivity index (χ1v) is 7.35. The molecule has 1 aliphatic rings. The molecule has 3 heteroatoms. The molecule has 1 atom stereocenters. The minimum Gasteiger partial charge on any atom is -0.380 e. The molecule has 0 aromatic carbocycles. The highest BCUT2D eigenvalue weighted by Crippen LogP contribution is 2.22. The SMILES string of the molecule is C=CCCOCCN1CC(CC)(CC)NCC1C. The zero-order valence-corrected chi connectivity index (χ0v) is 12.4. The van der Waals surface area contributed by atoms with Gasteiger partial charge in [-0.3, -0.25) is 4.90 Å². The number of hydrogen-bond acceptors (Lipinski definition) is 3. The van der Waals surface area contributed by atoms with Gasteiger partial charge in [-0.15, -0.1) is 6.58 Å². The lowest BCUT2D eigenvalue weighted by atomic mass is 9.89. The minimum atomic E-state index is 0.313. The molecule has 0 aromatic rings. The second-order valence-electron chi connectivity index (χ2n) is 5.38. The van der Waals surface area contributed by atoms with Crippen LogP contribution in [0.25, 0.3) is 0 Å². The van der Waals surface area contributed by atoms with Crippen LogP contribution in [0.3, 0.4) is 0 Å². The molecular weight excluding hydrogens is 224 g/mol. The number of nitrogens with one attached hydrogen (secondary N) is 1. The molecule has 1 fully saturated rings. The van der Waals surface area contributed by atoms with Crippen LogP contribution < -0.4 is 5.32 Å². The number of nitrogens with zero attached hydrogens (tertiary/aromatic N) is 1. The molecule has 0 aromatic heterocycles. The van der Waals surface area contributed by atoms with Crippen LogP contribution in [-0.4, -0.2) is 49.3 Å². The normalized spacial score (nSPS) is 24.1. The van der Waals surface area contributed by atoms with Crippen molar-refractivity contribution in [3.05, 3.63) is 12.7 Å². The summed E-state index contributed by atoms with van der Waals surface area (Å²) in [5.74, 6) is 0. The third kappa shape index (κ3) is 4.38. The first kappa shape index (κ1) is 15.7. The summed E-state index contributed by atoms with van der Waals surface area (Å²) in [4.78, 5) is 2.57. The van der Waals surface area contributed by atoms with E-state index in [1.54, 1.807) is 0 Å². The van der Waals surface area contributed by atoms with Crippen molar-refractivity contribution >= 4 is 0 Å². The van der Waals surface area contributed by atoms with Gasteiger partial charge in [-0.1, -0.05) is 19.9 Å². The van der Waals surface area contributed by atoms with Crippen molar-refractivity contribution < 1.29 is 4.74 Å². The molecule has 1 aliphatic heterocycles. The van der Waals surface area contributed by atoms with Gasteiger partial charge >= 0.3 is 0 Å². The molecule has 0 aliphatic carbocycles. The van der Waals surface area contributed by atoms with Crippen LogP contribution in [0, 0.1) is 0 Å². The lowest BCUT2D eigenvalue weighted by Gasteiger charge is -2.46. The molecule has 0 bridgehead atoms. The lowest BCUT2D eigenvalue weighted by Crippen LogP contribution is -2.63. The number of piperazine rings is 1. The Morgan fingerprint density at radius 1 is 1.39 bits per heavy atom. The van der Waals surface area contributed by atoms with Crippen molar-refractivity contribution in [3.63, 3.8) is 0 Å². The molecule has 0 radical (unpaired) electrons. The van der Waals surface area contributed by atoms with Crippen molar-refractivity contribution in [3.8, 4) is 0 Å². The Hall–Kier alpha value is -0.380. The average Bonchev–Trinajstić information content (AvgIpc) is 2.41. The molecule has 0 spiro atoms. The second-order valence-corrected chi connectivity index (χ2v) is 5.38. The maximum Gasteiger partial charge on any atom is 0.0593 e. The standard InChI is InChI=1S/C15H30N2O/c1-5-8-10-18-11-9-17-13-15(6-2,7-3)16-12-14(17)4/h5,14,16H,1,6-13H2,2-4H3. The van der Waals surface area contributed by atoms with Gasteiger partial charge in [0.05, 0.1) is 13.2 Å². The Labute approximate surface area is 113 Å². The molecule has 1 heterocycles. The highest BCUT2D eigenvalue weighted by atomic mass is 16.5. The third-order valence-electron chi connectivity index (χ3n) is 4.24. The van der Waals surface area contributed by atoms with Crippen LogP contribution in [-0.2, 0) is 4.74 Å². The smallest absolute Gasteiger partial charge is 0.0593 e. The number of rotatable bonds is 8. The minimum absolute atomic E-state index is 0.313. The summed E-state index contributed by atoms with van der Waals surface area (Å²) < 4.78 is 5.63. The summed E-state index contributed by atoms with van der Waals surface area (Å²) in [5, 5.41) is 3.73. The van der Waals surface area contributed by atoms with Crippen LogP contribution in [0.2, 0.25) is 0 Å². The Bertz CT molecular complexity index is 239. The van der Waals surface area contributed by atoms with Crippen molar-refractivity contribution in [1.29, 1.82) is 0 Å². The van der Waals surface area contributed by atoms with Gasteiger partial charge in [0.15, 0.2) is 0 Å². The number of ether oxygens (including phenoxy) is 1. The van der Waals surface area contributed by atoms with E-state index in [1.807, 2.05) is 6.08 Å². The Morgan fingerprint density at radius 2 is 2.11 bits per heavy atom. The van der Waals surface area contributed by atoms with E-state index in [0.29, 0.717) is 11.6 Å². The van der Waals surface area contributed by atoms with Gasteiger partial charge in [0.2, 0.25) is 0 Å². The Kier molecular flexibility index (Phi) is 6.90. The predicted molar refractivity (Wildman–Crippen MR) is 78.0 cm³/mol. The monoisotopic (exact) mass is 254 g/mol. The average molecular weight is 254 g/mol. The zero-order valence-electron chi connectivity index (χ0n) is 12.4. The van der Waals surface area contributed by atoms with Crippen molar-refractivity contribution in [2.75, 3.05) is 32.8 Å². The summed E-state index contributed by atoms with van der Waals surface area (Å²) in [7, 11) is 0. The van der Waals surface area contributed by atoms with E-state index < -0.39 is 0 Å². The molecular formula is C15H30N2O. The van der Waals surface area contributed by atoms with Crippen LogP contribution in [0.15, 0.2) is 12.7 Å². The molecule has 3 nitrogen and oxygen atoms in total. The van der Waals surface area contributed by atoms with Gasteiger partial charge in [0.25, 0.3) is 0 Å². The molecule has 0 saturated carbocycles. The summed E-state index contributed by atoms with van der Waals surface area (Å²) in [6.07, 6.45) is 5.26. The third-order valence-corrected chi connectivity index (χ3v) is 4.24. The second kappa shape index (κ2) is 7.93. The van der Waals surface area contributed by atoms with Gasteiger partial charge in [-0.05, 0) is 26.2 Å². The summed E-state index contributed by atoms with van der Waals surface area (Å²) >= 11 is 0. The molecule has 0 amide bonds. The summed E-state index contributed by atoms with van der Waals surface area (Å²) in [5.41, 5.74) is 0.313. The number of hydrogen-bond donors (Lipinski definition) is 1. The quantitative estimate of drug-likeness (QED) is 0.532. The van der Waals surface area contributed by atoms with E-state index in [4.69, 9.17) is 4.74 Å². The molecule has 106 valence electrons. The highest BCUT2D eigenvalue weighted by Gasteiger charge is 2.34. The Morgan fingerprint density at radius 3 is 2.72 bits per heavy atom. The van der Waals surface area contributed by atoms with Crippen molar-refractivity contribution in [2.24, 2.45) is 0 Å². The fourth-order valence-electron chi connectivity index (χ4n) is 2.57. The van der Waals surface area contributed by atoms with Gasteiger partial charge in [-0.25, -0.2) is 0 Å².